The molecule has 5 nitrogen and oxygen atoms in total. The maximum atomic E-state index is 12.4. The van der Waals surface area contributed by atoms with Gasteiger partial charge in [0.2, 0.25) is 5.91 Å². The van der Waals surface area contributed by atoms with Crippen molar-refractivity contribution in [2.24, 2.45) is 5.73 Å². The molecule has 0 atom stereocenters. The molecule has 0 saturated heterocycles. The second kappa shape index (κ2) is 9.58. The molecule has 0 spiro atoms. The molecule has 2 N–H and O–H groups in total. The highest BCUT2D eigenvalue weighted by molar-refractivity contribution is 5.76. The van der Waals surface area contributed by atoms with E-state index in [1.807, 2.05) is 38.1 Å². The molecule has 1 aromatic heterocycles. The Kier molecular flexibility index (Phi) is 8.08. The summed E-state index contributed by atoms with van der Waals surface area (Å²) in [4.78, 5) is 16.3. The molecule has 5 heteroatoms. The van der Waals surface area contributed by atoms with Crippen molar-refractivity contribution in [3.63, 3.8) is 0 Å². The molecular weight excluding hydrogens is 266 g/mol. The van der Waals surface area contributed by atoms with Crippen LogP contribution in [0, 0.1) is 6.92 Å². The number of nitrogens with zero attached hydrogens (tertiary/aromatic N) is 2. The SMILES string of the molecule is Cc1ccc(CN(CCN(C)C)C(=O)CCCCCN)o1. The van der Waals surface area contributed by atoms with E-state index in [9.17, 15) is 4.79 Å². The lowest BCUT2D eigenvalue weighted by atomic mass is 10.1. The number of rotatable bonds is 10. The Bertz CT molecular complexity index is 415. The summed E-state index contributed by atoms with van der Waals surface area (Å²) in [7, 11) is 4.03. The zero-order valence-corrected chi connectivity index (χ0v) is 13.6. The number of amides is 1. The topological polar surface area (TPSA) is 62.7 Å². The molecule has 21 heavy (non-hydrogen) atoms. The Balaban J connectivity index is 2.52. The normalized spacial score (nSPS) is 11.1. The molecule has 0 radical (unpaired) electrons. The predicted molar refractivity (Wildman–Crippen MR) is 84.9 cm³/mol. The standard InChI is InChI=1S/C16H29N3O2/c1-14-8-9-15(21-14)13-19(12-11-18(2)3)16(20)7-5-4-6-10-17/h8-9H,4-7,10-13,17H2,1-3H3. The number of furan rings is 1. The van der Waals surface area contributed by atoms with Crippen LogP contribution >= 0.6 is 0 Å². The van der Waals surface area contributed by atoms with Gasteiger partial charge in [-0.3, -0.25) is 4.79 Å². The van der Waals surface area contributed by atoms with Gasteiger partial charge >= 0.3 is 0 Å². The fraction of sp³-hybridized carbons (Fsp3) is 0.688. The Morgan fingerprint density at radius 1 is 1.19 bits per heavy atom. The fourth-order valence-corrected chi connectivity index (χ4v) is 2.13. The lowest BCUT2D eigenvalue weighted by molar-refractivity contribution is -0.132. The number of hydrogen-bond acceptors (Lipinski definition) is 4. The van der Waals surface area contributed by atoms with Crippen LogP contribution in [0.5, 0.6) is 0 Å². The van der Waals surface area contributed by atoms with Crippen molar-refractivity contribution >= 4 is 5.91 Å². The monoisotopic (exact) mass is 295 g/mol. The van der Waals surface area contributed by atoms with Crippen molar-refractivity contribution < 1.29 is 9.21 Å². The first kappa shape index (κ1) is 17.7. The number of carbonyl (C=O) groups excluding carboxylic acids is 1. The van der Waals surface area contributed by atoms with Gasteiger partial charge in [0.1, 0.15) is 11.5 Å². The molecule has 0 bridgehead atoms. The van der Waals surface area contributed by atoms with Gasteiger partial charge < -0.3 is 20.0 Å². The number of hydrogen-bond donors (Lipinski definition) is 1. The maximum Gasteiger partial charge on any atom is 0.223 e. The minimum Gasteiger partial charge on any atom is -0.464 e. The van der Waals surface area contributed by atoms with Crippen molar-refractivity contribution in [1.82, 2.24) is 9.80 Å². The van der Waals surface area contributed by atoms with Crippen LogP contribution in [0.2, 0.25) is 0 Å². The largest absolute Gasteiger partial charge is 0.464 e. The molecule has 1 aromatic rings. The number of unbranched alkanes of at least 4 members (excludes halogenated alkanes) is 2. The summed E-state index contributed by atoms with van der Waals surface area (Å²) in [6.45, 7) is 4.75. The number of carbonyl (C=O) groups is 1. The second-order valence-corrected chi connectivity index (χ2v) is 5.73. The van der Waals surface area contributed by atoms with Gasteiger partial charge in [-0.15, -0.1) is 0 Å². The van der Waals surface area contributed by atoms with E-state index in [2.05, 4.69) is 4.90 Å². The van der Waals surface area contributed by atoms with E-state index in [0.29, 0.717) is 19.5 Å². The highest BCUT2D eigenvalue weighted by atomic mass is 16.3. The third-order valence-electron chi connectivity index (χ3n) is 3.41. The third-order valence-corrected chi connectivity index (χ3v) is 3.41. The quantitative estimate of drug-likeness (QED) is 0.671. The van der Waals surface area contributed by atoms with Gasteiger partial charge in [-0.05, 0) is 52.5 Å². The van der Waals surface area contributed by atoms with Crippen LogP contribution in [0.15, 0.2) is 16.5 Å². The second-order valence-electron chi connectivity index (χ2n) is 5.73. The minimum absolute atomic E-state index is 0.197. The molecule has 1 heterocycles. The average molecular weight is 295 g/mol. The first-order chi connectivity index (χ1) is 10.0. The van der Waals surface area contributed by atoms with Gasteiger partial charge in [-0.25, -0.2) is 0 Å². The zero-order valence-electron chi connectivity index (χ0n) is 13.6. The van der Waals surface area contributed by atoms with Gasteiger partial charge in [0, 0.05) is 19.5 Å². The molecule has 0 aliphatic carbocycles. The molecule has 0 unspecified atom stereocenters. The van der Waals surface area contributed by atoms with Crippen LogP contribution in [0.25, 0.3) is 0 Å². The Morgan fingerprint density at radius 2 is 1.95 bits per heavy atom. The third kappa shape index (κ3) is 7.29. The van der Waals surface area contributed by atoms with Crippen LogP contribution in [0.3, 0.4) is 0 Å². The molecule has 0 saturated carbocycles. The minimum atomic E-state index is 0.197. The average Bonchev–Trinajstić information content (AvgIpc) is 2.84. The molecule has 0 aliphatic rings. The van der Waals surface area contributed by atoms with E-state index in [4.69, 9.17) is 10.2 Å². The Labute approximate surface area is 128 Å². The molecule has 0 aromatic carbocycles. The first-order valence-electron chi connectivity index (χ1n) is 7.71. The first-order valence-corrected chi connectivity index (χ1v) is 7.71. The number of nitrogens with two attached hydrogens (primary N) is 1. The van der Waals surface area contributed by atoms with E-state index in [1.165, 1.54) is 0 Å². The van der Waals surface area contributed by atoms with Gasteiger partial charge in [0.05, 0.1) is 6.54 Å². The fourth-order valence-electron chi connectivity index (χ4n) is 2.13. The summed E-state index contributed by atoms with van der Waals surface area (Å²) < 4.78 is 5.59. The lowest BCUT2D eigenvalue weighted by Crippen LogP contribution is -2.36. The summed E-state index contributed by atoms with van der Waals surface area (Å²) in [6, 6.07) is 3.88. The van der Waals surface area contributed by atoms with Gasteiger partial charge in [-0.1, -0.05) is 6.42 Å². The summed E-state index contributed by atoms with van der Waals surface area (Å²) in [5, 5.41) is 0. The van der Waals surface area contributed by atoms with Gasteiger partial charge in [0.25, 0.3) is 0 Å². The smallest absolute Gasteiger partial charge is 0.223 e. The number of aryl methyl sites for hydroxylation is 1. The van der Waals surface area contributed by atoms with Crippen LogP contribution in [-0.2, 0) is 11.3 Å². The highest BCUT2D eigenvalue weighted by Gasteiger charge is 2.15. The molecule has 1 rings (SSSR count). The van der Waals surface area contributed by atoms with E-state index >= 15 is 0 Å². The zero-order chi connectivity index (χ0) is 15.7. The van der Waals surface area contributed by atoms with Crippen molar-refractivity contribution in [1.29, 1.82) is 0 Å². The Morgan fingerprint density at radius 3 is 2.52 bits per heavy atom. The summed E-state index contributed by atoms with van der Waals surface area (Å²) in [5.74, 6) is 1.93. The lowest BCUT2D eigenvalue weighted by Gasteiger charge is -2.23. The van der Waals surface area contributed by atoms with E-state index < -0.39 is 0 Å². The molecule has 0 fully saturated rings. The highest BCUT2D eigenvalue weighted by Crippen LogP contribution is 2.12. The van der Waals surface area contributed by atoms with Crippen molar-refractivity contribution in [2.75, 3.05) is 33.7 Å². The number of likely N-dealkylation sites (N-methyl/N-ethyl adjacent to an activating group) is 1. The van der Waals surface area contributed by atoms with E-state index in [-0.39, 0.29) is 5.91 Å². The van der Waals surface area contributed by atoms with Gasteiger partial charge in [0.15, 0.2) is 0 Å². The molecule has 0 aliphatic heterocycles. The molecule has 120 valence electrons. The molecule has 1 amide bonds. The van der Waals surface area contributed by atoms with Crippen LogP contribution in [-0.4, -0.2) is 49.4 Å². The van der Waals surface area contributed by atoms with Crippen molar-refractivity contribution in [2.45, 2.75) is 39.2 Å². The summed E-state index contributed by atoms with van der Waals surface area (Å²) in [5.41, 5.74) is 5.48. The van der Waals surface area contributed by atoms with Crippen LogP contribution < -0.4 is 5.73 Å². The summed E-state index contributed by atoms with van der Waals surface area (Å²) >= 11 is 0. The van der Waals surface area contributed by atoms with Crippen molar-refractivity contribution in [3.05, 3.63) is 23.7 Å². The van der Waals surface area contributed by atoms with Crippen LogP contribution in [0.1, 0.15) is 37.2 Å². The molecular formula is C16H29N3O2. The van der Waals surface area contributed by atoms with Gasteiger partial charge in [-0.2, -0.15) is 0 Å². The summed E-state index contributed by atoms with van der Waals surface area (Å²) in [6.07, 6.45) is 3.50. The maximum absolute atomic E-state index is 12.4. The van der Waals surface area contributed by atoms with E-state index in [0.717, 1.165) is 43.9 Å². The predicted octanol–water partition coefficient (Wildman–Crippen LogP) is 2.00. The van der Waals surface area contributed by atoms with Crippen molar-refractivity contribution in [3.8, 4) is 0 Å². The Hall–Kier alpha value is -1.33. The van der Waals surface area contributed by atoms with E-state index in [1.54, 1.807) is 0 Å². The van der Waals surface area contributed by atoms with Crippen LogP contribution in [0.4, 0.5) is 0 Å².